The Labute approximate surface area is 184 Å². The number of alkyl halides is 2. The van der Waals surface area contributed by atoms with Crippen LogP contribution in [0.1, 0.15) is 31.0 Å². The Morgan fingerprint density at radius 3 is 2.69 bits per heavy atom. The Hall–Kier alpha value is -3.53. The standard InChI is InChI=1S/C22H18F2N2O5S/c1-3-30-20(28)17-12(2)25-22-26(19(27)16(32-22)10-13-8-9-29-11-13)18(17)14-4-6-15(7-5-14)31-21(23)24/h4-11,18,21H,3H2,1-2H3/b16-10+/t18-/m0/s1. The number of rotatable bonds is 6. The summed E-state index contributed by atoms with van der Waals surface area (Å²) in [6, 6.07) is 6.67. The van der Waals surface area contributed by atoms with Crippen molar-refractivity contribution in [3.8, 4) is 5.75 Å². The number of allylic oxidation sites excluding steroid dienone is 1. The molecule has 1 atom stereocenters. The Kier molecular flexibility index (Phi) is 6.04. The van der Waals surface area contributed by atoms with Gasteiger partial charge in [0, 0.05) is 5.56 Å². The van der Waals surface area contributed by atoms with Gasteiger partial charge in [0.05, 0.1) is 41.0 Å². The highest BCUT2D eigenvalue weighted by Crippen LogP contribution is 2.31. The molecular weight excluding hydrogens is 442 g/mol. The number of carbonyl (C=O) groups is 1. The summed E-state index contributed by atoms with van der Waals surface area (Å²) in [6.45, 7) is 0.535. The smallest absolute Gasteiger partial charge is 0.387 e. The molecule has 0 saturated heterocycles. The minimum absolute atomic E-state index is 0.0329. The van der Waals surface area contributed by atoms with Crippen molar-refractivity contribution >= 4 is 23.4 Å². The number of halogens is 2. The van der Waals surface area contributed by atoms with Crippen molar-refractivity contribution in [3.05, 3.63) is 84.9 Å². The lowest BCUT2D eigenvalue weighted by atomic mass is 9.96. The van der Waals surface area contributed by atoms with E-state index in [1.807, 2.05) is 0 Å². The lowest BCUT2D eigenvalue weighted by Gasteiger charge is -2.24. The van der Waals surface area contributed by atoms with E-state index < -0.39 is 18.6 Å². The topological polar surface area (TPSA) is 83.0 Å². The van der Waals surface area contributed by atoms with Crippen LogP contribution in [-0.2, 0) is 9.53 Å². The highest BCUT2D eigenvalue weighted by Gasteiger charge is 2.33. The summed E-state index contributed by atoms with van der Waals surface area (Å²) in [5.41, 5.74) is 1.51. The molecule has 1 aliphatic heterocycles. The minimum atomic E-state index is -2.96. The molecule has 0 radical (unpaired) electrons. The summed E-state index contributed by atoms with van der Waals surface area (Å²) in [5, 5.41) is 0. The number of fused-ring (bicyclic) bond motifs is 1. The highest BCUT2D eigenvalue weighted by molar-refractivity contribution is 7.07. The molecule has 0 amide bonds. The maximum absolute atomic E-state index is 13.3. The second kappa shape index (κ2) is 8.91. The Bertz CT molecular complexity index is 1340. The number of hydrogen-bond acceptors (Lipinski definition) is 7. The SMILES string of the molecule is CCOC(=O)C1=C(C)N=c2s/c(=C/c3ccoc3)c(=O)n2[C@H]1c1ccc(OC(F)F)cc1. The average Bonchev–Trinajstić information content (AvgIpc) is 3.36. The third-order valence-corrected chi connectivity index (χ3v) is 5.76. The van der Waals surface area contributed by atoms with Gasteiger partial charge in [-0.25, -0.2) is 9.79 Å². The average molecular weight is 460 g/mol. The zero-order chi connectivity index (χ0) is 22.8. The third-order valence-electron chi connectivity index (χ3n) is 4.78. The summed E-state index contributed by atoms with van der Waals surface area (Å²) < 4.78 is 41.6. The molecule has 4 rings (SSSR count). The van der Waals surface area contributed by atoms with E-state index >= 15 is 0 Å². The van der Waals surface area contributed by atoms with E-state index in [0.717, 1.165) is 0 Å². The molecule has 1 aromatic carbocycles. The van der Waals surface area contributed by atoms with E-state index in [-0.39, 0.29) is 23.5 Å². The number of esters is 1. The van der Waals surface area contributed by atoms with Crippen molar-refractivity contribution in [2.45, 2.75) is 26.5 Å². The van der Waals surface area contributed by atoms with Gasteiger partial charge in [0.2, 0.25) is 0 Å². The van der Waals surface area contributed by atoms with Crippen molar-refractivity contribution in [2.75, 3.05) is 6.61 Å². The molecule has 166 valence electrons. The van der Waals surface area contributed by atoms with Gasteiger partial charge in [0.15, 0.2) is 4.80 Å². The van der Waals surface area contributed by atoms with E-state index in [9.17, 15) is 18.4 Å². The quantitative estimate of drug-likeness (QED) is 0.528. The van der Waals surface area contributed by atoms with Crippen molar-refractivity contribution in [3.63, 3.8) is 0 Å². The zero-order valence-electron chi connectivity index (χ0n) is 17.1. The van der Waals surface area contributed by atoms with Crippen LogP contribution in [0.3, 0.4) is 0 Å². The molecule has 0 saturated carbocycles. The van der Waals surface area contributed by atoms with Gasteiger partial charge >= 0.3 is 12.6 Å². The summed E-state index contributed by atoms with van der Waals surface area (Å²) in [4.78, 5) is 31.0. The number of aromatic nitrogens is 1. The predicted octanol–water partition coefficient (Wildman–Crippen LogP) is 2.99. The molecule has 0 fully saturated rings. The van der Waals surface area contributed by atoms with Crippen LogP contribution in [0, 0.1) is 0 Å². The van der Waals surface area contributed by atoms with Gasteiger partial charge < -0.3 is 13.9 Å². The van der Waals surface area contributed by atoms with E-state index in [0.29, 0.717) is 26.2 Å². The van der Waals surface area contributed by atoms with Crippen molar-refractivity contribution in [1.82, 2.24) is 4.57 Å². The van der Waals surface area contributed by atoms with Crippen molar-refractivity contribution < 1.29 is 27.5 Å². The first-order valence-electron chi connectivity index (χ1n) is 9.65. The molecule has 2 aromatic heterocycles. The Morgan fingerprint density at radius 2 is 2.06 bits per heavy atom. The van der Waals surface area contributed by atoms with E-state index in [1.54, 1.807) is 26.0 Å². The molecule has 0 bridgehead atoms. The molecule has 1 aliphatic rings. The van der Waals surface area contributed by atoms with Gasteiger partial charge in [0.25, 0.3) is 5.56 Å². The van der Waals surface area contributed by atoms with Crippen LogP contribution in [0.15, 0.2) is 68.3 Å². The molecule has 0 spiro atoms. The van der Waals surface area contributed by atoms with Crippen LogP contribution in [0.25, 0.3) is 6.08 Å². The lowest BCUT2D eigenvalue weighted by molar-refractivity contribution is -0.139. The van der Waals surface area contributed by atoms with Crippen LogP contribution in [0.2, 0.25) is 0 Å². The lowest BCUT2D eigenvalue weighted by Crippen LogP contribution is -2.39. The van der Waals surface area contributed by atoms with Crippen LogP contribution in [0.4, 0.5) is 8.78 Å². The summed E-state index contributed by atoms with van der Waals surface area (Å²) in [7, 11) is 0. The molecule has 0 N–H and O–H groups in total. The number of carbonyl (C=O) groups excluding carboxylic acids is 1. The molecule has 3 heterocycles. The highest BCUT2D eigenvalue weighted by atomic mass is 32.1. The number of thiazole rings is 1. The minimum Gasteiger partial charge on any atom is -0.472 e. The monoisotopic (exact) mass is 460 g/mol. The maximum Gasteiger partial charge on any atom is 0.387 e. The van der Waals surface area contributed by atoms with Gasteiger partial charge in [0.1, 0.15) is 5.75 Å². The summed E-state index contributed by atoms with van der Waals surface area (Å²) in [5.74, 6) is -0.634. The summed E-state index contributed by atoms with van der Waals surface area (Å²) >= 11 is 1.18. The normalized spacial score (nSPS) is 16.2. The Balaban J connectivity index is 1.89. The molecule has 7 nitrogen and oxygen atoms in total. The molecule has 10 heteroatoms. The van der Waals surface area contributed by atoms with E-state index in [2.05, 4.69) is 9.73 Å². The van der Waals surface area contributed by atoms with E-state index in [4.69, 9.17) is 9.15 Å². The number of hydrogen-bond donors (Lipinski definition) is 0. The van der Waals surface area contributed by atoms with Crippen molar-refractivity contribution in [2.24, 2.45) is 4.99 Å². The molecule has 0 unspecified atom stereocenters. The molecule has 32 heavy (non-hydrogen) atoms. The number of ether oxygens (including phenoxy) is 2. The second-order valence-corrected chi connectivity index (χ2v) is 7.82. The van der Waals surface area contributed by atoms with Gasteiger partial charge in [-0.2, -0.15) is 8.78 Å². The molecule has 0 aliphatic carbocycles. The van der Waals surface area contributed by atoms with Crippen molar-refractivity contribution in [1.29, 1.82) is 0 Å². The second-order valence-electron chi connectivity index (χ2n) is 6.81. The predicted molar refractivity (Wildman–Crippen MR) is 112 cm³/mol. The fourth-order valence-electron chi connectivity index (χ4n) is 3.45. The maximum atomic E-state index is 13.3. The van der Waals surface area contributed by atoms with Gasteiger partial charge in [-0.1, -0.05) is 23.5 Å². The number of benzene rings is 1. The fraction of sp³-hybridized carbons (Fsp3) is 0.227. The van der Waals surface area contributed by atoms with Crippen LogP contribution in [-0.4, -0.2) is 23.8 Å². The van der Waals surface area contributed by atoms with Gasteiger partial charge in [-0.15, -0.1) is 0 Å². The van der Waals surface area contributed by atoms with Crippen LogP contribution < -0.4 is 19.6 Å². The molecule has 3 aromatic rings. The summed E-state index contributed by atoms with van der Waals surface area (Å²) in [6.07, 6.45) is 4.68. The van der Waals surface area contributed by atoms with Crippen LogP contribution >= 0.6 is 11.3 Å². The first-order chi connectivity index (χ1) is 15.4. The van der Waals surface area contributed by atoms with Crippen LogP contribution in [0.5, 0.6) is 5.75 Å². The first-order valence-corrected chi connectivity index (χ1v) is 10.5. The molecular formula is C22H18F2N2O5S. The number of nitrogens with zero attached hydrogens (tertiary/aromatic N) is 2. The van der Waals surface area contributed by atoms with Gasteiger partial charge in [-0.05, 0) is 43.7 Å². The van der Waals surface area contributed by atoms with E-state index in [1.165, 1.54) is 52.7 Å². The Morgan fingerprint density at radius 1 is 1.31 bits per heavy atom. The fourth-order valence-corrected chi connectivity index (χ4v) is 4.49. The van der Waals surface area contributed by atoms with Gasteiger partial charge in [-0.3, -0.25) is 9.36 Å². The first kappa shape index (κ1) is 21.7. The zero-order valence-corrected chi connectivity index (χ0v) is 17.9. The third kappa shape index (κ3) is 4.13. The largest absolute Gasteiger partial charge is 0.472 e. The number of furan rings is 1.